The van der Waals surface area contributed by atoms with Gasteiger partial charge >= 0.3 is 0 Å². The maximum atomic E-state index is 16.9. The van der Waals surface area contributed by atoms with Gasteiger partial charge in [-0.3, -0.25) is 23.3 Å². The number of carbonyl (C=O) groups excluding carboxylic acids is 2. The second-order valence-electron chi connectivity index (χ2n) is 15.8. The number of benzene rings is 4. The van der Waals surface area contributed by atoms with Crippen LogP contribution < -0.4 is 10.6 Å². The number of hydrogen-bond acceptors (Lipinski definition) is 6. The zero-order valence-electron chi connectivity index (χ0n) is 30.6. The van der Waals surface area contributed by atoms with E-state index in [1.54, 1.807) is 77.7 Å². The molecule has 2 amide bonds. The lowest BCUT2D eigenvalue weighted by atomic mass is 9.45. The number of aliphatic hydroxyl groups excluding tert-OH is 2. The van der Waals surface area contributed by atoms with Gasteiger partial charge in [0.05, 0.1) is 56.9 Å². The minimum absolute atomic E-state index is 0.0325. The molecule has 14 heteroatoms. The second kappa shape index (κ2) is 15.3. The first kappa shape index (κ1) is 39.8. The summed E-state index contributed by atoms with van der Waals surface area (Å²) < 4.78 is 68.3. The lowest BCUT2D eigenvalue weighted by molar-refractivity contribution is -0.166. The molecule has 8 nitrogen and oxygen atoms in total. The first-order valence-electron chi connectivity index (χ1n) is 18.9. The standard InChI is InChI=1S/C43H41Cl2F4N3O5/c44-26-11-15-30-32(17-26)51-40(56)43(30)33(29-14-16-31(48)34(45)35(29)49)37(39(55)50-27-12-13-28(18-53)57-19-27)52(42(43)20-41(21-42,22-46)23-47)36(24-7-3-1-4-8-24)38(54)25-9-5-2-6-10-25/h1-11,14-17,27-28,33,36-38,53-54H,12-13,18-23H2,(H,50,55)(H,51,56)/t27-,28+,33+,36-,37-,38+,43+/m1/s1. The van der Waals surface area contributed by atoms with E-state index in [0.29, 0.717) is 29.5 Å². The normalized spacial score (nSPS) is 27.1. The Morgan fingerprint density at radius 3 is 2.23 bits per heavy atom. The van der Waals surface area contributed by atoms with Crippen LogP contribution in [0.1, 0.15) is 66.0 Å². The minimum atomic E-state index is -2.00. The fourth-order valence-corrected chi connectivity index (χ4v) is 10.7. The molecule has 300 valence electrons. The van der Waals surface area contributed by atoms with Crippen LogP contribution in [0.4, 0.5) is 23.2 Å². The Balaban J connectivity index is 1.46. The second-order valence-corrected chi connectivity index (χ2v) is 16.6. The van der Waals surface area contributed by atoms with Crippen LogP contribution in [0.5, 0.6) is 0 Å². The number of amides is 2. The van der Waals surface area contributed by atoms with Crippen LogP contribution in [0.25, 0.3) is 0 Å². The summed E-state index contributed by atoms with van der Waals surface area (Å²) in [5.74, 6) is -5.19. The lowest BCUT2D eigenvalue weighted by Gasteiger charge is -2.63. The van der Waals surface area contributed by atoms with Crippen LogP contribution in [0.3, 0.4) is 0 Å². The van der Waals surface area contributed by atoms with Gasteiger partial charge in [0.15, 0.2) is 0 Å². The number of anilines is 1. The summed E-state index contributed by atoms with van der Waals surface area (Å²) in [7, 11) is 0. The largest absolute Gasteiger partial charge is 0.394 e. The fraction of sp³-hybridized carbons (Fsp3) is 0.395. The first-order chi connectivity index (χ1) is 27.4. The summed E-state index contributed by atoms with van der Waals surface area (Å²) in [6.07, 6.45) is -1.68. The van der Waals surface area contributed by atoms with Crippen LogP contribution in [0.2, 0.25) is 10.0 Å². The Bertz CT molecular complexity index is 2150. The third kappa shape index (κ3) is 6.17. The van der Waals surface area contributed by atoms with Gasteiger partial charge in [-0.1, -0.05) is 96.0 Å². The molecule has 57 heavy (non-hydrogen) atoms. The molecule has 2 spiro atoms. The van der Waals surface area contributed by atoms with Gasteiger partial charge in [-0.15, -0.1) is 0 Å². The van der Waals surface area contributed by atoms with Gasteiger partial charge in [-0.2, -0.15) is 0 Å². The van der Waals surface area contributed by atoms with Crippen molar-refractivity contribution in [2.45, 2.75) is 72.9 Å². The van der Waals surface area contributed by atoms with Crippen molar-refractivity contribution in [3.05, 3.63) is 135 Å². The van der Waals surface area contributed by atoms with E-state index in [9.17, 15) is 10.2 Å². The van der Waals surface area contributed by atoms with E-state index in [4.69, 9.17) is 27.9 Å². The Kier molecular flexibility index (Phi) is 10.7. The molecule has 0 unspecified atom stereocenters. The lowest BCUT2D eigenvalue weighted by Crippen LogP contribution is -2.72. The average Bonchev–Trinajstić information content (AvgIpc) is 3.65. The highest BCUT2D eigenvalue weighted by atomic mass is 35.5. The molecule has 0 radical (unpaired) electrons. The average molecular weight is 827 g/mol. The summed E-state index contributed by atoms with van der Waals surface area (Å²) in [6.45, 7) is -2.39. The number of carbonyl (C=O) groups is 2. The zero-order chi connectivity index (χ0) is 40.3. The number of fused-ring (bicyclic) bond motifs is 3. The Hall–Kier alpha value is -4.04. The van der Waals surface area contributed by atoms with Crippen LogP contribution in [0, 0.1) is 17.0 Å². The predicted molar refractivity (Wildman–Crippen MR) is 206 cm³/mol. The maximum Gasteiger partial charge on any atom is 0.238 e. The number of hydrogen-bond donors (Lipinski definition) is 4. The molecular formula is C43H41Cl2F4N3O5. The molecule has 3 fully saturated rings. The van der Waals surface area contributed by atoms with E-state index in [2.05, 4.69) is 10.6 Å². The van der Waals surface area contributed by atoms with Gasteiger partial charge in [0.25, 0.3) is 0 Å². The Morgan fingerprint density at radius 1 is 0.947 bits per heavy atom. The van der Waals surface area contributed by atoms with Crippen LogP contribution in [0.15, 0.2) is 91.0 Å². The Morgan fingerprint density at radius 2 is 1.61 bits per heavy atom. The maximum absolute atomic E-state index is 16.9. The van der Waals surface area contributed by atoms with E-state index < -0.39 is 94.4 Å². The van der Waals surface area contributed by atoms with E-state index in [-0.39, 0.29) is 42.3 Å². The highest BCUT2D eigenvalue weighted by Gasteiger charge is 2.82. The summed E-state index contributed by atoms with van der Waals surface area (Å²) in [6, 6.07) is 20.8. The van der Waals surface area contributed by atoms with Gasteiger partial charge in [0.1, 0.15) is 22.1 Å². The van der Waals surface area contributed by atoms with Crippen molar-refractivity contribution in [2.24, 2.45) is 5.41 Å². The van der Waals surface area contributed by atoms with Gasteiger partial charge in [-0.05, 0) is 66.1 Å². The minimum Gasteiger partial charge on any atom is -0.394 e. The molecule has 4 aromatic carbocycles. The van der Waals surface area contributed by atoms with Gasteiger partial charge in [0.2, 0.25) is 11.8 Å². The summed E-state index contributed by atoms with van der Waals surface area (Å²) in [4.78, 5) is 32.5. The smallest absolute Gasteiger partial charge is 0.238 e. The van der Waals surface area contributed by atoms with Gasteiger partial charge < -0.3 is 25.6 Å². The van der Waals surface area contributed by atoms with Crippen LogP contribution >= 0.6 is 23.2 Å². The van der Waals surface area contributed by atoms with Gasteiger partial charge in [-0.25, -0.2) is 8.78 Å². The topological polar surface area (TPSA) is 111 Å². The van der Waals surface area contributed by atoms with Crippen molar-refractivity contribution < 1.29 is 42.1 Å². The summed E-state index contributed by atoms with van der Waals surface area (Å²) in [5.41, 5.74) is -4.10. The third-order valence-corrected chi connectivity index (χ3v) is 13.3. The zero-order valence-corrected chi connectivity index (χ0v) is 32.1. The number of rotatable bonds is 10. The molecule has 4 aliphatic rings. The molecule has 8 rings (SSSR count). The molecule has 3 aliphatic heterocycles. The number of halogens is 6. The molecule has 2 saturated heterocycles. The van der Waals surface area contributed by atoms with Crippen molar-refractivity contribution in [1.82, 2.24) is 10.2 Å². The van der Waals surface area contributed by atoms with Crippen LogP contribution in [-0.2, 0) is 19.7 Å². The highest BCUT2D eigenvalue weighted by Crippen LogP contribution is 2.74. The first-order valence-corrected chi connectivity index (χ1v) is 19.7. The number of nitrogens with zero attached hydrogens (tertiary/aromatic N) is 1. The van der Waals surface area contributed by atoms with E-state index in [0.717, 1.165) is 12.1 Å². The number of alkyl halides is 2. The van der Waals surface area contributed by atoms with Crippen molar-refractivity contribution in [3.8, 4) is 0 Å². The fourth-order valence-electron chi connectivity index (χ4n) is 10.3. The van der Waals surface area contributed by atoms with Crippen molar-refractivity contribution in [2.75, 3.05) is 31.9 Å². The molecule has 1 aliphatic carbocycles. The summed E-state index contributed by atoms with van der Waals surface area (Å²) >= 11 is 12.8. The quantitative estimate of drug-likeness (QED) is 0.0974. The van der Waals surface area contributed by atoms with E-state index in [1.807, 2.05) is 0 Å². The molecular weight excluding hydrogens is 785 g/mol. The van der Waals surface area contributed by atoms with E-state index >= 15 is 27.2 Å². The third-order valence-electron chi connectivity index (χ3n) is 12.7. The number of likely N-dealkylation sites (tertiary alicyclic amines) is 1. The number of nitrogens with one attached hydrogen (secondary N) is 2. The van der Waals surface area contributed by atoms with Crippen molar-refractivity contribution in [3.63, 3.8) is 0 Å². The van der Waals surface area contributed by atoms with E-state index in [1.165, 1.54) is 6.07 Å². The molecule has 0 aromatic heterocycles. The molecule has 1 saturated carbocycles. The van der Waals surface area contributed by atoms with Crippen LogP contribution in [-0.4, -0.2) is 77.2 Å². The van der Waals surface area contributed by atoms with Gasteiger partial charge in [0, 0.05) is 27.6 Å². The highest BCUT2D eigenvalue weighted by molar-refractivity contribution is 6.31. The molecule has 4 N–H and O–H groups in total. The number of ether oxygens (including phenoxy) is 1. The number of aliphatic hydroxyl groups is 2. The monoisotopic (exact) mass is 825 g/mol. The molecule has 3 heterocycles. The molecule has 7 atom stereocenters. The summed E-state index contributed by atoms with van der Waals surface area (Å²) in [5, 5.41) is 27.7. The SMILES string of the molecule is O=C(N[C@@H]1CC[C@@H](CO)OC1)[C@H]1[C@H](c2ccc(F)c(Cl)c2F)[C@@]2(C(=O)Nc3cc(Cl)ccc32)C2(CC(CF)(CF)C2)N1[C@H](c1ccccc1)[C@@H](O)c1ccccc1. The molecule has 4 aromatic rings. The Labute approximate surface area is 337 Å². The van der Waals surface area contributed by atoms with Crippen molar-refractivity contribution in [1.29, 1.82) is 0 Å². The van der Waals surface area contributed by atoms with Crippen molar-refractivity contribution >= 4 is 40.7 Å². The predicted octanol–water partition coefficient (Wildman–Crippen LogP) is 7.52. The molecule has 0 bridgehead atoms.